The molecule has 0 saturated carbocycles. The summed E-state index contributed by atoms with van der Waals surface area (Å²) < 4.78 is 11.3. The summed E-state index contributed by atoms with van der Waals surface area (Å²) >= 11 is 0. The molecule has 4 rings (SSSR count). The molecule has 1 atom stereocenters. The van der Waals surface area contributed by atoms with E-state index in [0.29, 0.717) is 12.3 Å². The molecule has 0 radical (unpaired) electrons. The average molecular weight is 334 g/mol. The van der Waals surface area contributed by atoms with Gasteiger partial charge in [0, 0.05) is 29.9 Å². The van der Waals surface area contributed by atoms with E-state index in [4.69, 9.17) is 9.15 Å². The van der Waals surface area contributed by atoms with Gasteiger partial charge in [-0.1, -0.05) is 18.2 Å². The molecule has 0 fully saturated rings. The zero-order valence-electron chi connectivity index (χ0n) is 13.9. The van der Waals surface area contributed by atoms with Gasteiger partial charge >= 0.3 is 0 Å². The van der Waals surface area contributed by atoms with Crippen LogP contribution in [0, 0.1) is 6.92 Å². The van der Waals surface area contributed by atoms with Crippen molar-refractivity contribution in [1.82, 2.24) is 10.3 Å². The molecule has 0 aliphatic carbocycles. The average Bonchev–Trinajstić information content (AvgIpc) is 3.25. The maximum Gasteiger partial charge on any atom is 0.287 e. The summed E-state index contributed by atoms with van der Waals surface area (Å²) in [6.07, 6.45) is 5.75. The van der Waals surface area contributed by atoms with Crippen LogP contribution in [-0.4, -0.2) is 23.5 Å². The molecule has 0 spiro atoms. The standard InChI is InChI=1S/C20H18N2O3/c1-13-7-10-24-18(13)20(23)22-12-16-11-15-3-2-4-17(19(15)25-16)14-5-8-21-9-6-14/h2-10,16H,11-12H2,1H3,(H,22,23). The minimum Gasteiger partial charge on any atom is -0.487 e. The Morgan fingerprint density at radius 1 is 1.24 bits per heavy atom. The Balaban J connectivity index is 1.47. The largest absolute Gasteiger partial charge is 0.487 e. The predicted octanol–water partition coefficient (Wildman–Crippen LogP) is 3.38. The van der Waals surface area contributed by atoms with Crippen molar-refractivity contribution in [2.75, 3.05) is 6.54 Å². The zero-order valence-corrected chi connectivity index (χ0v) is 13.9. The molecule has 25 heavy (non-hydrogen) atoms. The van der Waals surface area contributed by atoms with Crippen molar-refractivity contribution in [1.29, 1.82) is 0 Å². The molecule has 1 aliphatic rings. The monoisotopic (exact) mass is 334 g/mol. The fourth-order valence-electron chi connectivity index (χ4n) is 3.10. The molecule has 5 heteroatoms. The number of benzene rings is 1. The van der Waals surface area contributed by atoms with Gasteiger partial charge in [0.25, 0.3) is 5.91 Å². The lowest BCUT2D eigenvalue weighted by Crippen LogP contribution is -2.34. The van der Waals surface area contributed by atoms with Crippen LogP contribution < -0.4 is 10.1 Å². The smallest absolute Gasteiger partial charge is 0.287 e. The summed E-state index contributed by atoms with van der Waals surface area (Å²) in [6, 6.07) is 11.9. The zero-order chi connectivity index (χ0) is 17.2. The predicted molar refractivity (Wildman–Crippen MR) is 93.6 cm³/mol. The Labute approximate surface area is 145 Å². The number of hydrogen-bond donors (Lipinski definition) is 1. The lowest BCUT2D eigenvalue weighted by molar-refractivity contribution is 0.0905. The van der Waals surface area contributed by atoms with E-state index in [1.165, 1.54) is 6.26 Å². The summed E-state index contributed by atoms with van der Waals surface area (Å²) in [6.45, 7) is 2.28. The Morgan fingerprint density at radius 2 is 2.08 bits per heavy atom. The third kappa shape index (κ3) is 3.01. The van der Waals surface area contributed by atoms with Gasteiger partial charge in [-0.3, -0.25) is 9.78 Å². The van der Waals surface area contributed by atoms with E-state index in [0.717, 1.165) is 34.4 Å². The van der Waals surface area contributed by atoms with Gasteiger partial charge < -0.3 is 14.5 Å². The number of nitrogens with zero attached hydrogens (tertiary/aromatic N) is 1. The van der Waals surface area contributed by atoms with Gasteiger partial charge in [-0.2, -0.15) is 0 Å². The van der Waals surface area contributed by atoms with Gasteiger partial charge in [-0.15, -0.1) is 0 Å². The van der Waals surface area contributed by atoms with Crippen molar-refractivity contribution in [3.63, 3.8) is 0 Å². The summed E-state index contributed by atoms with van der Waals surface area (Å²) in [7, 11) is 0. The van der Waals surface area contributed by atoms with Gasteiger partial charge in [0.2, 0.25) is 0 Å². The number of fused-ring (bicyclic) bond motifs is 1. The van der Waals surface area contributed by atoms with Gasteiger partial charge in [0.15, 0.2) is 5.76 Å². The van der Waals surface area contributed by atoms with Crippen LogP contribution in [0.3, 0.4) is 0 Å². The number of rotatable bonds is 4. The summed E-state index contributed by atoms with van der Waals surface area (Å²) in [5.74, 6) is 1.03. The number of aromatic nitrogens is 1. The molecule has 1 N–H and O–H groups in total. The van der Waals surface area contributed by atoms with Gasteiger partial charge in [-0.25, -0.2) is 0 Å². The van der Waals surface area contributed by atoms with Crippen LogP contribution in [0.2, 0.25) is 0 Å². The first-order chi connectivity index (χ1) is 12.2. The summed E-state index contributed by atoms with van der Waals surface area (Å²) in [4.78, 5) is 16.2. The fraction of sp³-hybridized carbons (Fsp3) is 0.200. The maximum absolute atomic E-state index is 12.2. The maximum atomic E-state index is 12.2. The van der Waals surface area contributed by atoms with E-state index in [1.54, 1.807) is 18.5 Å². The van der Waals surface area contributed by atoms with Gasteiger partial charge in [-0.05, 0) is 36.2 Å². The highest BCUT2D eigenvalue weighted by Gasteiger charge is 2.26. The number of hydrogen-bond acceptors (Lipinski definition) is 4. The van der Waals surface area contributed by atoms with Crippen molar-refractivity contribution in [2.45, 2.75) is 19.4 Å². The van der Waals surface area contributed by atoms with E-state index >= 15 is 0 Å². The number of ether oxygens (including phenoxy) is 1. The van der Waals surface area contributed by atoms with Gasteiger partial charge in [0.1, 0.15) is 11.9 Å². The SMILES string of the molecule is Cc1ccoc1C(=O)NCC1Cc2cccc(-c3ccncc3)c2O1. The molecule has 3 aromatic rings. The molecule has 126 valence electrons. The number of furan rings is 1. The topological polar surface area (TPSA) is 64.4 Å². The van der Waals surface area contributed by atoms with E-state index in [-0.39, 0.29) is 12.0 Å². The molecule has 1 unspecified atom stereocenters. The Hall–Kier alpha value is -3.08. The minimum absolute atomic E-state index is 0.0859. The summed E-state index contributed by atoms with van der Waals surface area (Å²) in [5.41, 5.74) is 4.11. The molecule has 2 aromatic heterocycles. The first-order valence-corrected chi connectivity index (χ1v) is 8.23. The quantitative estimate of drug-likeness (QED) is 0.794. The second-order valence-corrected chi connectivity index (χ2v) is 6.12. The number of pyridine rings is 1. The number of aryl methyl sites for hydroxylation is 1. The molecule has 1 amide bonds. The molecule has 1 aromatic carbocycles. The Morgan fingerprint density at radius 3 is 2.84 bits per heavy atom. The van der Waals surface area contributed by atoms with Crippen LogP contribution in [0.5, 0.6) is 5.75 Å². The first-order valence-electron chi connectivity index (χ1n) is 8.23. The normalized spacial score (nSPS) is 15.5. The minimum atomic E-state index is -0.212. The van der Waals surface area contributed by atoms with Crippen molar-refractivity contribution in [2.24, 2.45) is 0 Å². The highest BCUT2D eigenvalue weighted by atomic mass is 16.5. The van der Waals surface area contributed by atoms with Crippen LogP contribution in [-0.2, 0) is 6.42 Å². The van der Waals surface area contributed by atoms with Crippen molar-refractivity contribution < 1.29 is 13.9 Å². The van der Waals surface area contributed by atoms with Crippen molar-refractivity contribution in [3.05, 3.63) is 71.9 Å². The van der Waals surface area contributed by atoms with Crippen molar-refractivity contribution >= 4 is 5.91 Å². The molecule has 3 heterocycles. The van der Waals surface area contributed by atoms with Crippen molar-refractivity contribution in [3.8, 4) is 16.9 Å². The van der Waals surface area contributed by atoms with Crippen LogP contribution >= 0.6 is 0 Å². The number of carbonyl (C=O) groups excluding carboxylic acids is 1. The van der Waals surface area contributed by atoms with E-state index in [9.17, 15) is 4.79 Å². The highest BCUT2D eigenvalue weighted by molar-refractivity contribution is 5.92. The molecular weight excluding hydrogens is 316 g/mol. The van der Waals surface area contributed by atoms with Crippen LogP contribution in [0.15, 0.2) is 59.5 Å². The lowest BCUT2D eigenvalue weighted by Gasteiger charge is -2.13. The third-order valence-electron chi connectivity index (χ3n) is 4.38. The van der Waals surface area contributed by atoms with E-state index in [1.807, 2.05) is 31.2 Å². The highest BCUT2D eigenvalue weighted by Crippen LogP contribution is 2.38. The molecule has 0 saturated heterocycles. The first kappa shape index (κ1) is 15.4. The van der Waals surface area contributed by atoms with Crippen LogP contribution in [0.1, 0.15) is 21.7 Å². The Kier molecular flexibility index (Phi) is 3.98. The summed E-state index contributed by atoms with van der Waals surface area (Å²) in [5, 5.41) is 2.89. The Bertz CT molecular complexity index is 902. The third-order valence-corrected chi connectivity index (χ3v) is 4.38. The van der Waals surface area contributed by atoms with E-state index < -0.39 is 0 Å². The molecular formula is C20H18N2O3. The number of nitrogens with one attached hydrogen (secondary N) is 1. The second-order valence-electron chi connectivity index (χ2n) is 6.12. The second kappa shape index (κ2) is 6.43. The molecule has 5 nitrogen and oxygen atoms in total. The van der Waals surface area contributed by atoms with E-state index in [2.05, 4.69) is 16.4 Å². The van der Waals surface area contributed by atoms with Crippen LogP contribution in [0.25, 0.3) is 11.1 Å². The number of amides is 1. The number of para-hydroxylation sites is 1. The fourth-order valence-corrected chi connectivity index (χ4v) is 3.10. The lowest BCUT2D eigenvalue weighted by atomic mass is 10.0. The number of carbonyl (C=O) groups is 1. The molecule has 1 aliphatic heterocycles. The van der Waals surface area contributed by atoms with Gasteiger partial charge in [0.05, 0.1) is 12.8 Å². The molecule has 0 bridgehead atoms. The van der Waals surface area contributed by atoms with Crippen LogP contribution in [0.4, 0.5) is 0 Å².